The zero-order chi connectivity index (χ0) is 12.8. The third-order valence-electron chi connectivity index (χ3n) is 3.63. The highest BCUT2D eigenvalue weighted by Gasteiger charge is 2.11. The first-order chi connectivity index (χ1) is 8.75. The van der Waals surface area contributed by atoms with Gasteiger partial charge in [-0.25, -0.2) is 4.79 Å². The van der Waals surface area contributed by atoms with Gasteiger partial charge in [0.25, 0.3) is 0 Å². The van der Waals surface area contributed by atoms with Crippen LogP contribution < -0.4 is 11.0 Å². The molecule has 1 saturated carbocycles. The molecular weight excluding hydrogens is 226 g/mol. The third kappa shape index (κ3) is 3.95. The highest BCUT2D eigenvalue weighted by Crippen LogP contribution is 2.17. The molecule has 1 N–H and O–H groups in total. The molecular formula is C14H23N3O. The van der Waals surface area contributed by atoms with Crippen molar-refractivity contribution in [2.45, 2.75) is 58.0 Å². The van der Waals surface area contributed by atoms with Crippen LogP contribution in [0.4, 0.5) is 0 Å². The molecule has 0 spiro atoms. The third-order valence-corrected chi connectivity index (χ3v) is 3.63. The number of rotatable bonds is 5. The number of aromatic nitrogens is 2. The molecule has 18 heavy (non-hydrogen) atoms. The smallest absolute Gasteiger partial charge is 0.314 e. The lowest BCUT2D eigenvalue weighted by atomic mass is 9.95. The Hall–Kier alpha value is -1.16. The van der Waals surface area contributed by atoms with Gasteiger partial charge in [0.2, 0.25) is 0 Å². The molecule has 100 valence electrons. The van der Waals surface area contributed by atoms with Gasteiger partial charge in [-0.05, 0) is 38.8 Å². The summed E-state index contributed by atoms with van der Waals surface area (Å²) in [6.07, 6.45) is 9.56. The van der Waals surface area contributed by atoms with Gasteiger partial charge in [0, 0.05) is 24.5 Å². The van der Waals surface area contributed by atoms with Gasteiger partial charge in [-0.2, -0.15) is 4.98 Å². The molecule has 1 heterocycles. The van der Waals surface area contributed by atoms with Gasteiger partial charge in [-0.3, -0.25) is 4.57 Å². The van der Waals surface area contributed by atoms with E-state index in [1.54, 1.807) is 4.57 Å². The lowest BCUT2D eigenvalue weighted by Gasteiger charge is -2.22. The normalized spacial score (nSPS) is 16.9. The van der Waals surface area contributed by atoms with Gasteiger partial charge in [0.1, 0.15) is 0 Å². The van der Waals surface area contributed by atoms with Crippen molar-refractivity contribution in [1.82, 2.24) is 14.9 Å². The largest absolute Gasteiger partial charge is 0.347 e. The number of aryl methyl sites for hydroxylation is 2. The fraction of sp³-hybridized carbons (Fsp3) is 0.714. The zero-order valence-corrected chi connectivity index (χ0v) is 11.2. The lowest BCUT2D eigenvalue weighted by Crippen LogP contribution is -2.33. The van der Waals surface area contributed by atoms with Gasteiger partial charge in [0.15, 0.2) is 0 Å². The topological polar surface area (TPSA) is 46.9 Å². The van der Waals surface area contributed by atoms with Crippen LogP contribution in [0.1, 0.15) is 44.2 Å². The molecule has 1 aliphatic carbocycles. The second kappa shape index (κ2) is 6.69. The molecule has 1 fully saturated rings. The second-order valence-electron chi connectivity index (χ2n) is 5.19. The van der Waals surface area contributed by atoms with Crippen molar-refractivity contribution >= 4 is 0 Å². The van der Waals surface area contributed by atoms with E-state index < -0.39 is 0 Å². The van der Waals surface area contributed by atoms with Crippen LogP contribution in [0.5, 0.6) is 0 Å². The number of nitrogens with one attached hydrogen (secondary N) is 1. The fourth-order valence-electron chi connectivity index (χ4n) is 2.55. The molecule has 4 nitrogen and oxygen atoms in total. The van der Waals surface area contributed by atoms with Gasteiger partial charge in [-0.15, -0.1) is 0 Å². The van der Waals surface area contributed by atoms with Crippen LogP contribution in [0, 0.1) is 6.92 Å². The fourth-order valence-corrected chi connectivity index (χ4v) is 2.55. The Morgan fingerprint density at radius 1 is 1.39 bits per heavy atom. The summed E-state index contributed by atoms with van der Waals surface area (Å²) in [6.45, 7) is 3.59. The summed E-state index contributed by atoms with van der Waals surface area (Å²) >= 11 is 0. The first-order valence-electron chi connectivity index (χ1n) is 7.03. The average Bonchev–Trinajstić information content (AvgIpc) is 2.38. The van der Waals surface area contributed by atoms with Crippen LogP contribution in [-0.2, 0) is 6.54 Å². The van der Waals surface area contributed by atoms with Crippen LogP contribution in [-0.4, -0.2) is 22.1 Å². The van der Waals surface area contributed by atoms with Crippen LogP contribution in [0.25, 0.3) is 0 Å². The summed E-state index contributed by atoms with van der Waals surface area (Å²) in [7, 11) is 0. The van der Waals surface area contributed by atoms with Gasteiger partial charge in [0.05, 0.1) is 0 Å². The van der Waals surface area contributed by atoms with E-state index in [4.69, 9.17) is 0 Å². The Bertz CT molecular complexity index is 421. The SMILES string of the molecule is Cc1ccn(CCCNC2CCCCC2)c(=O)n1. The van der Waals surface area contributed by atoms with Crippen molar-refractivity contribution in [3.05, 3.63) is 28.4 Å². The molecule has 4 heteroatoms. The number of hydrogen-bond donors (Lipinski definition) is 1. The quantitative estimate of drug-likeness (QED) is 0.810. The maximum atomic E-state index is 11.6. The maximum absolute atomic E-state index is 11.6. The summed E-state index contributed by atoms with van der Waals surface area (Å²) in [5.74, 6) is 0. The Morgan fingerprint density at radius 2 is 2.17 bits per heavy atom. The van der Waals surface area contributed by atoms with E-state index in [0.717, 1.165) is 25.2 Å². The van der Waals surface area contributed by atoms with Crippen LogP contribution >= 0.6 is 0 Å². The van der Waals surface area contributed by atoms with E-state index in [1.807, 2.05) is 19.2 Å². The first-order valence-corrected chi connectivity index (χ1v) is 7.03. The summed E-state index contributed by atoms with van der Waals surface area (Å²) < 4.78 is 1.69. The zero-order valence-electron chi connectivity index (χ0n) is 11.2. The summed E-state index contributed by atoms with van der Waals surface area (Å²) in [5.41, 5.74) is 0.657. The Balaban J connectivity index is 1.70. The minimum absolute atomic E-state index is 0.132. The highest BCUT2D eigenvalue weighted by atomic mass is 16.1. The molecule has 1 aromatic heterocycles. The van der Waals surface area contributed by atoms with Crippen molar-refractivity contribution in [2.24, 2.45) is 0 Å². The molecule has 0 aromatic carbocycles. The van der Waals surface area contributed by atoms with Gasteiger partial charge < -0.3 is 5.32 Å². The van der Waals surface area contributed by atoms with Crippen molar-refractivity contribution in [1.29, 1.82) is 0 Å². The van der Waals surface area contributed by atoms with Crippen LogP contribution in [0.3, 0.4) is 0 Å². The van der Waals surface area contributed by atoms with E-state index >= 15 is 0 Å². The molecule has 0 unspecified atom stereocenters. The number of nitrogens with zero attached hydrogens (tertiary/aromatic N) is 2. The van der Waals surface area contributed by atoms with E-state index in [1.165, 1.54) is 32.1 Å². The minimum Gasteiger partial charge on any atom is -0.314 e. The maximum Gasteiger partial charge on any atom is 0.347 e. The van der Waals surface area contributed by atoms with Gasteiger partial charge >= 0.3 is 5.69 Å². The van der Waals surface area contributed by atoms with Crippen LogP contribution in [0.15, 0.2) is 17.1 Å². The standard InChI is InChI=1S/C14H23N3O/c1-12-8-11-17(14(18)16-12)10-5-9-15-13-6-3-2-4-7-13/h8,11,13,15H,2-7,9-10H2,1H3. The molecule has 0 radical (unpaired) electrons. The second-order valence-corrected chi connectivity index (χ2v) is 5.19. The predicted molar refractivity (Wildman–Crippen MR) is 72.7 cm³/mol. The lowest BCUT2D eigenvalue weighted by molar-refractivity contribution is 0.368. The van der Waals surface area contributed by atoms with Crippen molar-refractivity contribution in [3.8, 4) is 0 Å². The molecule has 1 aromatic rings. The van der Waals surface area contributed by atoms with Crippen LogP contribution in [0.2, 0.25) is 0 Å². The summed E-state index contributed by atoms with van der Waals surface area (Å²) in [5, 5.41) is 3.59. The average molecular weight is 249 g/mol. The Kier molecular flexibility index (Phi) is 4.93. The molecule has 0 atom stereocenters. The van der Waals surface area contributed by atoms with Gasteiger partial charge in [-0.1, -0.05) is 19.3 Å². The Morgan fingerprint density at radius 3 is 2.89 bits per heavy atom. The van der Waals surface area contributed by atoms with E-state index in [-0.39, 0.29) is 5.69 Å². The minimum atomic E-state index is -0.132. The van der Waals surface area contributed by atoms with Crippen molar-refractivity contribution < 1.29 is 0 Å². The molecule has 2 rings (SSSR count). The van der Waals surface area contributed by atoms with E-state index in [9.17, 15) is 4.79 Å². The highest BCUT2D eigenvalue weighted by molar-refractivity contribution is 4.95. The summed E-state index contributed by atoms with van der Waals surface area (Å²) in [4.78, 5) is 15.5. The molecule has 1 aliphatic rings. The molecule has 0 amide bonds. The summed E-state index contributed by atoms with van der Waals surface area (Å²) in [6, 6.07) is 2.59. The first kappa shape index (κ1) is 13.3. The predicted octanol–water partition coefficient (Wildman–Crippen LogP) is 1.86. The molecule has 0 aliphatic heterocycles. The monoisotopic (exact) mass is 249 g/mol. The molecule has 0 bridgehead atoms. The van der Waals surface area contributed by atoms with Crippen molar-refractivity contribution in [3.63, 3.8) is 0 Å². The van der Waals surface area contributed by atoms with E-state index in [0.29, 0.717) is 6.04 Å². The Labute approximate surface area is 108 Å². The van der Waals surface area contributed by atoms with E-state index in [2.05, 4.69) is 10.3 Å². The van der Waals surface area contributed by atoms with Crippen molar-refractivity contribution in [2.75, 3.05) is 6.54 Å². The number of hydrogen-bond acceptors (Lipinski definition) is 3. The molecule has 0 saturated heterocycles.